The Labute approximate surface area is 202 Å². The number of primary amides is 1. The van der Waals surface area contributed by atoms with Gasteiger partial charge in [-0.05, 0) is 43.0 Å². The van der Waals surface area contributed by atoms with E-state index >= 15 is 0 Å². The Bertz CT molecular complexity index is 1540. The number of nitrogens with zero attached hydrogens (tertiary/aromatic N) is 4. The van der Waals surface area contributed by atoms with E-state index in [1.54, 1.807) is 7.11 Å². The lowest BCUT2D eigenvalue weighted by Crippen LogP contribution is -2.16. The smallest absolute Gasteiger partial charge is 0.267 e. The van der Waals surface area contributed by atoms with Crippen LogP contribution in [0, 0.1) is 0 Å². The fourth-order valence-electron chi connectivity index (χ4n) is 4.68. The number of anilines is 1. The highest BCUT2D eigenvalue weighted by molar-refractivity contribution is 6.06. The van der Waals surface area contributed by atoms with Crippen molar-refractivity contribution in [2.24, 2.45) is 5.73 Å². The van der Waals surface area contributed by atoms with E-state index in [2.05, 4.69) is 20.6 Å². The molecule has 3 heterocycles. The van der Waals surface area contributed by atoms with Crippen LogP contribution in [0.15, 0.2) is 54.6 Å². The number of hydrogen-bond donors (Lipinski definition) is 2. The van der Waals surface area contributed by atoms with Crippen molar-refractivity contribution in [1.29, 1.82) is 0 Å². The molecule has 0 radical (unpaired) electrons. The van der Waals surface area contributed by atoms with Crippen molar-refractivity contribution < 1.29 is 9.53 Å². The molecule has 0 aliphatic rings. The third kappa shape index (κ3) is 4.40. The number of aryl methyl sites for hydroxylation is 2. The van der Waals surface area contributed by atoms with E-state index in [-0.39, 0.29) is 0 Å². The van der Waals surface area contributed by atoms with E-state index in [4.69, 9.17) is 21.2 Å². The zero-order valence-corrected chi connectivity index (χ0v) is 19.7. The van der Waals surface area contributed by atoms with Crippen LogP contribution < -0.4 is 11.5 Å². The first kappa shape index (κ1) is 22.7. The summed E-state index contributed by atoms with van der Waals surface area (Å²) in [6.07, 6.45) is 3.13. The van der Waals surface area contributed by atoms with Crippen LogP contribution >= 0.6 is 0 Å². The summed E-state index contributed by atoms with van der Waals surface area (Å²) in [7, 11) is 1.69. The first-order valence-electron chi connectivity index (χ1n) is 11.8. The highest BCUT2D eigenvalue weighted by atomic mass is 16.5. The average molecular weight is 469 g/mol. The SMILES string of the molecule is COCCc1nc2c(N)nc3ccccc3c2n1CCCCc1cc2ccccc2nc1C(N)=O. The summed E-state index contributed by atoms with van der Waals surface area (Å²) < 4.78 is 7.56. The number of benzene rings is 2. The van der Waals surface area contributed by atoms with E-state index in [1.807, 2.05) is 48.5 Å². The van der Waals surface area contributed by atoms with Gasteiger partial charge in [0.2, 0.25) is 0 Å². The minimum absolute atomic E-state index is 0.349. The molecule has 0 spiro atoms. The number of imidazole rings is 1. The highest BCUT2D eigenvalue weighted by Crippen LogP contribution is 2.29. The minimum Gasteiger partial charge on any atom is -0.384 e. The number of nitrogen functional groups attached to an aromatic ring is 1. The third-order valence-corrected chi connectivity index (χ3v) is 6.33. The molecule has 0 aliphatic heterocycles. The normalized spacial score (nSPS) is 11.6. The summed E-state index contributed by atoms with van der Waals surface area (Å²) in [5, 5.41) is 2.03. The number of hydrogen-bond acceptors (Lipinski definition) is 6. The van der Waals surface area contributed by atoms with Gasteiger partial charge in [0.15, 0.2) is 5.82 Å². The molecule has 35 heavy (non-hydrogen) atoms. The van der Waals surface area contributed by atoms with Crippen molar-refractivity contribution >= 4 is 44.6 Å². The number of methoxy groups -OCH3 is 1. The van der Waals surface area contributed by atoms with Crippen molar-refractivity contribution in [2.45, 2.75) is 32.2 Å². The molecule has 0 aliphatic carbocycles. The van der Waals surface area contributed by atoms with E-state index in [9.17, 15) is 4.79 Å². The molecule has 2 aromatic carbocycles. The fraction of sp³-hybridized carbons (Fsp3) is 0.259. The Morgan fingerprint density at radius 1 is 0.971 bits per heavy atom. The Morgan fingerprint density at radius 2 is 1.74 bits per heavy atom. The van der Waals surface area contributed by atoms with E-state index in [1.165, 1.54) is 0 Å². The quantitative estimate of drug-likeness (QED) is 0.315. The molecule has 178 valence electrons. The van der Waals surface area contributed by atoms with Gasteiger partial charge in [-0.2, -0.15) is 0 Å². The number of para-hydroxylation sites is 2. The molecule has 3 aromatic heterocycles. The van der Waals surface area contributed by atoms with Gasteiger partial charge in [0.25, 0.3) is 5.91 Å². The standard InChI is InChI=1S/C27H28N6O2/c1-35-15-13-22-32-24-25(19-10-3-5-12-21(19)31-26(24)28)33(22)14-7-6-9-18-16-17-8-2-4-11-20(17)30-23(18)27(29)34/h2-5,8,10-12,16H,6-7,9,13-15H2,1H3,(H2,28,31)(H2,29,34). The number of carbonyl (C=O) groups excluding carboxylic acids is 1. The second-order valence-corrected chi connectivity index (χ2v) is 8.64. The van der Waals surface area contributed by atoms with E-state index < -0.39 is 5.91 Å². The second-order valence-electron chi connectivity index (χ2n) is 8.64. The summed E-state index contributed by atoms with van der Waals surface area (Å²) in [5.41, 5.74) is 16.5. The van der Waals surface area contributed by atoms with Gasteiger partial charge in [0, 0.05) is 30.8 Å². The number of carbonyl (C=O) groups is 1. The molecular weight excluding hydrogens is 440 g/mol. The van der Waals surface area contributed by atoms with Crippen LogP contribution in [0.3, 0.4) is 0 Å². The molecule has 5 rings (SSSR count). The van der Waals surface area contributed by atoms with Crippen molar-refractivity contribution in [3.8, 4) is 0 Å². The zero-order chi connectivity index (χ0) is 24.4. The molecule has 0 saturated heterocycles. The van der Waals surface area contributed by atoms with Gasteiger partial charge in [0.1, 0.15) is 17.0 Å². The summed E-state index contributed by atoms with van der Waals surface area (Å²) >= 11 is 0. The van der Waals surface area contributed by atoms with E-state index in [0.717, 1.165) is 63.6 Å². The zero-order valence-electron chi connectivity index (χ0n) is 19.7. The van der Waals surface area contributed by atoms with Crippen LogP contribution in [-0.2, 0) is 24.1 Å². The summed E-state index contributed by atoms with van der Waals surface area (Å²) in [6, 6.07) is 17.8. The van der Waals surface area contributed by atoms with Crippen LogP contribution in [0.5, 0.6) is 0 Å². The summed E-state index contributed by atoms with van der Waals surface area (Å²) in [6.45, 7) is 1.33. The van der Waals surface area contributed by atoms with Gasteiger partial charge >= 0.3 is 0 Å². The first-order valence-corrected chi connectivity index (χ1v) is 11.8. The molecule has 0 bridgehead atoms. The topological polar surface area (TPSA) is 122 Å². The number of amides is 1. The predicted octanol–water partition coefficient (Wildman–Crippen LogP) is 4.03. The molecule has 0 unspecified atom stereocenters. The monoisotopic (exact) mass is 468 g/mol. The van der Waals surface area contributed by atoms with Gasteiger partial charge in [-0.25, -0.2) is 15.0 Å². The molecule has 4 N–H and O–H groups in total. The summed E-state index contributed by atoms with van der Waals surface area (Å²) in [5.74, 6) is 0.865. The van der Waals surface area contributed by atoms with Crippen LogP contribution in [0.1, 0.15) is 34.7 Å². The lowest BCUT2D eigenvalue weighted by atomic mass is 10.0. The van der Waals surface area contributed by atoms with Crippen LogP contribution in [-0.4, -0.2) is 39.1 Å². The number of unbranched alkanes of at least 4 members (excludes halogenated alkanes) is 1. The van der Waals surface area contributed by atoms with E-state index in [0.29, 0.717) is 31.0 Å². The van der Waals surface area contributed by atoms with Crippen molar-refractivity contribution in [2.75, 3.05) is 19.5 Å². The molecule has 0 saturated carbocycles. The minimum atomic E-state index is -0.498. The van der Waals surface area contributed by atoms with Crippen LogP contribution in [0.4, 0.5) is 5.82 Å². The number of aromatic nitrogens is 4. The maximum atomic E-state index is 12.1. The number of nitrogens with two attached hydrogens (primary N) is 2. The van der Waals surface area contributed by atoms with Crippen molar-refractivity contribution in [3.63, 3.8) is 0 Å². The van der Waals surface area contributed by atoms with Gasteiger partial charge in [-0.1, -0.05) is 36.4 Å². The third-order valence-electron chi connectivity index (χ3n) is 6.33. The lowest BCUT2D eigenvalue weighted by molar-refractivity contribution is 0.0995. The van der Waals surface area contributed by atoms with Crippen molar-refractivity contribution in [1.82, 2.24) is 19.5 Å². The van der Waals surface area contributed by atoms with Gasteiger partial charge in [-0.3, -0.25) is 4.79 Å². The van der Waals surface area contributed by atoms with Gasteiger partial charge in [-0.15, -0.1) is 0 Å². The fourth-order valence-corrected chi connectivity index (χ4v) is 4.68. The lowest BCUT2D eigenvalue weighted by Gasteiger charge is -2.12. The summed E-state index contributed by atoms with van der Waals surface area (Å²) in [4.78, 5) is 25.9. The first-order chi connectivity index (χ1) is 17.1. The number of fused-ring (bicyclic) bond motifs is 4. The molecular formula is C27H28N6O2. The van der Waals surface area contributed by atoms with Crippen LogP contribution in [0.2, 0.25) is 0 Å². The van der Waals surface area contributed by atoms with Crippen LogP contribution in [0.25, 0.3) is 32.8 Å². The Hall–Kier alpha value is -4.04. The molecule has 8 nitrogen and oxygen atoms in total. The maximum Gasteiger partial charge on any atom is 0.267 e. The van der Waals surface area contributed by atoms with Gasteiger partial charge in [0.05, 0.1) is 23.2 Å². The highest BCUT2D eigenvalue weighted by Gasteiger charge is 2.17. The van der Waals surface area contributed by atoms with Gasteiger partial charge < -0.3 is 20.8 Å². The number of ether oxygens (including phenoxy) is 1. The number of pyridine rings is 2. The molecule has 1 amide bonds. The molecule has 5 aromatic rings. The maximum absolute atomic E-state index is 12.1. The predicted molar refractivity (Wildman–Crippen MR) is 138 cm³/mol. The molecule has 0 atom stereocenters. The Morgan fingerprint density at radius 3 is 2.54 bits per heavy atom. The average Bonchev–Trinajstić information content (AvgIpc) is 3.24. The second kappa shape index (κ2) is 9.68. The Kier molecular flexibility index (Phi) is 6.29. The van der Waals surface area contributed by atoms with Crippen molar-refractivity contribution in [3.05, 3.63) is 71.7 Å². The number of rotatable bonds is 9. The Balaban J connectivity index is 1.43. The largest absolute Gasteiger partial charge is 0.384 e. The molecule has 0 fully saturated rings. The molecule has 8 heteroatoms.